The highest BCUT2D eigenvalue weighted by molar-refractivity contribution is 9.11. The molecule has 4 nitrogen and oxygen atoms in total. The second-order valence-electron chi connectivity index (χ2n) is 4.33. The first-order valence-electron chi connectivity index (χ1n) is 6.18. The lowest BCUT2D eigenvalue weighted by molar-refractivity contribution is 0.371. The van der Waals surface area contributed by atoms with E-state index in [0.717, 1.165) is 21.5 Å². The van der Waals surface area contributed by atoms with Crippen molar-refractivity contribution in [1.82, 2.24) is 0 Å². The van der Waals surface area contributed by atoms with Gasteiger partial charge in [-0.15, -0.1) is 0 Å². The van der Waals surface area contributed by atoms with Crippen LogP contribution in [0.4, 0.5) is 5.69 Å². The molecule has 2 N–H and O–H groups in total. The van der Waals surface area contributed by atoms with Crippen LogP contribution in [0, 0.1) is 0 Å². The summed E-state index contributed by atoms with van der Waals surface area (Å²) in [5, 5.41) is 13.1. The molecule has 0 amide bonds. The number of aromatic hydroxyl groups is 1. The lowest BCUT2D eigenvalue weighted by atomic mass is 10.2. The predicted octanol–water partition coefficient (Wildman–Crippen LogP) is 4.55. The third-order valence-corrected chi connectivity index (χ3v) is 4.26. The monoisotopic (exact) mass is 415 g/mol. The molecule has 0 bridgehead atoms. The number of hydrogen-bond acceptors (Lipinski definition) is 4. The van der Waals surface area contributed by atoms with E-state index in [1.165, 1.54) is 7.11 Å². The van der Waals surface area contributed by atoms with E-state index in [0.29, 0.717) is 16.8 Å². The Hall–Kier alpha value is -1.40. The van der Waals surface area contributed by atoms with Crippen LogP contribution in [0.5, 0.6) is 17.2 Å². The molecular formula is C15H15Br2NO3. The van der Waals surface area contributed by atoms with Gasteiger partial charge in [0.2, 0.25) is 0 Å². The highest BCUT2D eigenvalue weighted by Crippen LogP contribution is 2.35. The maximum absolute atomic E-state index is 9.80. The van der Waals surface area contributed by atoms with Crippen LogP contribution in [0.2, 0.25) is 0 Å². The number of nitrogens with one attached hydrogen (secondary N) is 1. The Kier molecular flexibility index (Phi) is 5.36. The molecule has 0 aliphatic rings. The van der Waals surface area contributed by atoms with Crippen LogP contribution >= 0.6 is 31.9 Å². The van der Waals surface area contributed by atoms with Crippen molar-refractivity contribution in [3.63, 3.8) is 0 Å². The number of hydrogen-bond donors (Lipinski definition) is 2. The van der Waals surface area contributed by atoms with Crippen molar-refractivity contribution < 1.29 is 14.6 Å². The summed E-state index contributed by atoms with van der Waals surface area (Å²) in [4.78, 5) is 0. The number of anilines is 1. The van der Waals surface area contributed by atoms with E-state index in [2.05, 4.69) is 37.2 Å². The SMILES string of the molecule is COc1ccc(Br)c(NCc2cc(Br)c(O)c(OC)c2)c1. The van der Waals surface area contributed by atoms with Crippen molar-refractivity contribution >= 4 is 37.5 Å². The lowest BCUT2D eigenvalue weighted by Gasteiger charge is -2.12. The molecule has 0 unspecified atom stereocenters. The smallest absolute Gasteiger partial charge is 0.172 e. The molecule has 112 valence electrons. The van der Waals surface area contributed by atoms with E-state index < -0.39 is 0 Å². The number of phenolic OH excluding ortho intramolecular Hbond substituents is 1. The van der Waals surface area contributed by atoms with Crippen LogP contribution in [0.1, 0.15) is 5.56 Å². The van der Waals surface area contributed by atoms with Crippen molar-refractivity contribution in [2.24, 2.45) is 0 Å². The van der Waals surface area contributed by atoms with Crippen LogP contribution < -0.4 is 14.8 Å². The minimum Gasteiger partial charge on any atom is -0.503 e. The van der Waals surface area contributed by atoms with Gasteiger partial charge in [0.1, 0.15) is 5.75 Å². The van der Waals surface area contributed by atoms with E-state index in [4.69, 9.17) is 9.47 Å². The number of methoxy groups -OCH3 is 2. The number of halogens is 2. The Balaban J connectivity index is 2.18. The second-order valence-corrected chi connectivity index (χ2v) is 6.04. The Labute approximate surface area is 140 Å². The van der Waals surface area contributed by atoms with Gasteiger partial charge in [-0.2, -0.15) is 0 Å². The molecule has 6 heteroatoms. The largest absolute Gasteiger partial charge is 0.503 e. The standard InChI is InChI=1S/C15H15Br2NO3/c1-20-10-3-4-11(16)13(7-10)18-8-9-5-12(17)15(19)14(6-9)21-2/h3-7,18-19H,8H2,1-2H3. The average molecular weight is 417 g/mol. The van der Waals surface area contributed by atoms with Gasteiger partial charge in [-0.1, -0.05) is 0 Å². The third kappa shape index (κ3) is 3.83. The zero-order chi connectivity index (χ0) is 15.4. The molecule has 0 aliphatic carbocycles. The maximum Gasteiger partial charge on any atom is 0.172 e. The fraction of sp³-hybridized carbons (Fsp3) is 0.200. The van der Waals surface area contributed by atoms with Crippen molar-refractivity contribution in [1.29, 1.82) is 0 Å². The normalized spacial score (nSPS) is 10.3. The van der Waals surface area contributed by atoms with E-state index in [1.54, 1.807) is 13.2 Å². The fourth-order valence-corrected chi connectivity index (χ4v) is 2.73. The van der Waals surface area contributed by atoms with Crippen LogP contribution in [0.15, 0.2) is 39.3 Å². The highest BCUT2D eigenvalue weighted by Gasteiger charge is 2.09. The molecule has 21 heavy (non-hydrogen) atoms. The minimum absolute atomic E-state index is 0.101. The summed E-state index contributed by atoms with van der Waals surface area (Å²) in [6.45, 7) is 0.584. The van der Waals surface area contributed by atoms with Crippen LogP contribution in [-0.2, 0) is 6.54 Å². The predicted molar refractivity (Wildman–Crippen MR) is 90.4 cm³/mol. The van der Waals surface area contributed by atoms with Crippen LogP contribution in [0.25, 0.3) is 0 Å². The summed E-state index contributed by atoms with van der Waals surface area (Å²) in [7, 11) is 3.16. The molecule has 2 aromatic carbocycles. The molecule has 0 atom stereocenters. The van der Waals surface area contributed by atoms with Crippen molar-refractivity contribution in [2.45, 2.75) is 6.54 Å². The van der Waals surface area contributed by atoms with E-state index in [-0.39, 0.29) is 5.75 Å². The van der Waals surface area contributed by atoms with Crippen LogP contribution in [0.3, 0.4) is 0 Å². The summed E-state index contributed by atoms with van der Waals surface area (Å²) in [6, 6.07) is 9.36. The zero-order valence-corrected chi connectivity index (χ0v) is 14.8. The molecule has 0 radical (unpaired) electrons. The molecule has 0 fully saturated rings. The Bertz CT molecular complexity index is 647. The first-order chi connectivity index (χ1) is 10.0. The second kappa shape index (κ2) is 7.04. The molecule has 2 rings (SSSR count). The first-order valence-corrected chi connectivity index (χ1v) is 7.76. The topological polar surface area (TPSA) is 50.7 Å². The summed E-state index contributed by atoms with van der Waals surface area (Å²) < 4.78 is 11.9. The molecule has 0 spiro atoms. The summed E-state index contributed by atoms with van der Waals surface area (Å²) in [6.07, 6.45) is 0. The minimum atomic E-state index is 0.101. The van der Waals surface area contributed by atoms with Gasteiger partial charge in [-0.25, -0.2) is 0 Å². The van der Waals surface area contributed by atoms with E-state index in [1.807, 2.05) is 24.3 Å². The van der Waals surface area contributed by atoms with Gasteiger partial charge in [0.25, 0.3) is 0 Å². The van der Waals surface area contributed by atoms with Gasteiger partial charge in [-0.3, -0.25) is 0 Å². The van der Waals surface area contributed by atoms with Gasteiger partial charge in [0, 0.05) is 17.1 Å². The quantitative estimate of drug-likeness (QED) is 0.750. The summed E-state index contributed by atoms with van der Waals surface area (Å²) in [5.74, 6) is 1.32. The van der Waals surface area contributed by atoms with Crippen LogP contribution in [-0.4, -0.2) is 19.3 Å². The molecule has 0 saturated heterocycles. The average Bonchev–Trinajstić information content (AvgIpc) is 2.49. The van der Waals surface area contributed by atoms with E-state index in [9.17, 15) is 5.11 Å². The highest BCUT2D eigenvalue weighted by atomic mass is 79.9. The number of rotatable bonds is 5. The molecular weight excluding hydrogens is 402 g/mol. The maximum atomic E-state index is 9.80. The number of benzene rings is 2. The zero-order valence-electron chi connectivity index (χ0n) is 11.6. The lowest BCUT2D eigenvalue weighted by Crippen LogP contribution is -2.01. The summed E-state index contributed by atoms with van der Waals surface area (Å²) in [5.41, 5.74) is 1.91. The van der Waals surface area contributed by atoms with E-state index >= 15 is 0 Å². The third-order valence-electron chi connectivity index (χ3n) is 2.96. The molecule has 0 heterocycles. The van der Waals surface area contributed by atoms with Gasteiger partial charge >= 0.3 is 0 Å². The fourth-order valence-electron chi connectivity index (χ4n) is 1.85. The van der Waals surface area contributed by atoms with Gasteiger partial charge < -0.3 is 19.9 Å². The first kappa shape index (κ1) is 16.0. The molecule has 2 aromatic rings. The molecule has 0 aliphatic heterocycles. The number of ether oxygens (including phenoxy) is 2. The number of phenols is 1. The van der Waals surface area contributed by atoms with Crippen molar-refractivity contribution in [3.8, 4) is 17.2 Å². The van der Waals surface area contributed by atoms with Crippen molar-refractivity contribution in [2.75, 3.05) is 19.5 Å². The molecule has 0 saturated carbocycles. The van der Waals surface area contributed by atoms with Gasteiger partial charge in [0.15, 0.2) is 11.5 Å². The Morgan fingerprint density at radius 1 is 1.05 bits per heavy atom. The van der Waals surface area contributed by atoms with Crippen molar-refractivity contribution in [3.05, 3.63) is 44.8 Å². The van der Waals surface area contributed by atoms with Gasteiger partial charge in [0.05, 0.1) is 24.4 Å². The Morgan fingerprint density at radius 2 is 1.81 bits per heavy atom. The Morgan fingerprint density at radius 3 is 2.48 bits per heavy atom. The summed E-state index contributed by atoms with van der Waals surface area (Å²) >= 11 is 6.81. The van der Waals surface area contributed by atoms with Gasteiger partial charge in [-0.05, 0) is 61.7 Å². The molecule has 0 aromatic heterocycles.